The monoisotopic (exact) mass is 368 g/mol. The largest absolute Gasteiger partial charge is 0.492 e. The highest BCUT2D eigenvalue weighted by molar-refractivity contribution is 5.99. The number of amides is 1. The third kappa shape index (κ3) is 4.46. The highest BCUT2D eigenvalue weighted by atomic mass is 16.5. The molecule has 3 rings (SSSR count). The Morgan fingerprint density at radius 3 is 2.74 bits per heavy atom. The molecule has 27 heavy (non-hydrogen) atoms. The number of hydrogen-bond acceptors (Lipinski definition) is 5. The van der Waals surface area contributed by atoms with Gasteiger partial charge in [-0.1, -0.05) is 42.5 Å². The molecule has 0 aliphatic carbocycles. The SMILES string of the molecule is CCOC(=O)[C@H](Cc1ccccc1)NC(=O)c1cccc2c1OCCC2N. The molecule has 0 aromatic heterocycles. The van der Waals surface area contributed by atoms with Gasteiger partial charge in [-0.15, -0.1) is 0 Å². The average molecular weight is 368 g/mol. The van der Waals surface area contributed by atoms with Crippen molar-refractivity contribution in [1.29, 1.82) is 0 Å². The van der Waals surface area contributed by atoms with Crippen molar-refractivity contribution in [3.05, 3.63) is 65.2 Å². The minimum absolute atomic E-state index is 0.160. The van der Waals surface area contributed by atoms with Gasteiger partial charge in [-0.05, 0) is 18.6 Å². The Morgan fingerprint density at radius 1 is 1.22 bits per heavy atom. The lowest BCUT2D eigenvalue weighted by molar-refractivity contribution is -0.145. The lowest BCUT2D eigenvalue weighted by Gasteiger charge is -2.25. The van der Waals surface area contributed by atoms with Crippen molar-refractivity contribution in [3.8, 4) is 5.75 Å². The highest BCUT2D eigenvalue weighted by Gasteiger charge is 2.27. The fourth-order valence-electron chi connectivity index (χ4n) is 3.15. The summed E-state index contributed by atoms with van der Waals surface area (Å²) in [5.41, 5.74) is 8.24. The molecule has 0 fully saturated rings. The summed E-state index contributed by atoms with van der Waals surface area (Å²) in [7, 11) is 0. The van der Waals surface area contributed by atoms with Crippen molar-refractivity contribution in [3.63, 3.8) is 0 Å². The van der Waals surface area contributed by atoms with Crippen LogP contribution in [0, 0.1) is 0 Å². The van der Waals surface area contributed by atoms with Crippen LogP contribution in [0.3, 0.4) is 0 Å². The molecule has 142 valence electrons. The van der Waals surface area contributed by atoms with Crippen LogP contribution in [0.15, 0.2) is 48.5 Å². The zero-order valence-electron chi connectivity index (χ0n) is 15.3. The minimum atomic E-state index is -0.784. The number of carbonyl (C=O) groups is 2. The van der Waals surface area contributed by atoms with Gasteiger partial charge in [0.05, 0.1) is 18.8 Å². The van der Waals surface area contributed by atoms with Gasteiger partial charge < -0.3 is 20.5 Å². The normalized spacial score (nSPS) is 16.6. The van der Waals surface area contributed by atoms with Crippen molar-refractivity contribution in [2.75, 3.05) is 13.2 Å². The Hall–Kier alpha value is -2.86. The van der Waals surface area contributed by atoms with E-state index in [1.54, 1.807) is 19.1 Å². The van der Waals surface area contributed by atoms with Crippen LogP contribution in [0.5, 0.6) is 5.75 Å². The van der Waals surface area contributed by atoms with E-state index in [0.717, 1.165) is 11.1 Å². The van der Waals surface area contributed by atoms with Crippen LogP contribution in [-0.4, -0.2) is 31.1 Å². The summed E-state index contributed by atoms with van der Waals surface area (Å²) >= 11 is 0. The van der Waals surface area contributed by atoms with Gasteiger partial charge in [-0.25, -0.2) is 4.79 Å². The number of rotatable bonds is 6. The van der Waals surface area contributed by atoms with Crippen LogP contribution < -0.4 is 15.8 Å². The van der Waals surface area contributed by atoms with Gasteiger partial charge in [0, 0.05) is 24.4 Å². The minimum Gasteiger partial charge on any atom is -0.492 e. The van der Waals surface area contributed by atoms with Crippen molar-refractivity contribution in [2.24, 2.45) is 5.73 Å². The molecule has 6 nitrogen and oxygen atoms in total. The van der Waals surface area contributed by atoms with E-state index in [1.165, 1.54) is 0 Å². The van der Waals surface area contributed by atoms with E-state index in [9.17, 15) is 9.59 Å². The molecule has 1 aliphatic rings. The molecule has 1 heterocycles. The number of nitrogens with two attached hydrogens (primary N) is 1. The van der Waals surface area contributed by atoms with Gasteiger partial charge in [0.1, 0.15) is 11.8 Å². The molecule has 0 saturated carbocycles. The third-order valence-electron chi connectivity index (χ3n) is 4.52. The number of benzene rings is 2. The van der Waals surface area contributed by atoms with Gasteiger partial charge >= 0.3 is 5.97 Å². The summed E-state index contributed by atoms with van der Waals surface area (Å²) in [4.78, 5) is 25.3. The Labute approximate surface area is 158 Å². The summed E-state index contributed by atoms with van der Waals surface area (Å²) in [6, 6.07) is 13.9. The molecule has 3 N–H and O–H groups in total. The summed E-state index contributed by atoms with van der Waals surface area (Å²) in [5, 5.41) is 2.80. The second kappa shape index (κ2) is 8.68. The smallest absolute Gasteiger partial charge is 0.328 e. The predicted octanol–water partition coefficient (Wildman–Crippen LogP) is 2.37. The van der Waals surface area contributed by atoms with Crippen molar-refractivity contribution >= 4 is 11.9 Å². The van der Waals surface area contributed by atoms with Crippen LogP contribution in [0.25, 0.3) is 0 Å². The summed E-state index contributed by atoms with van der Waals surface area (Å²) in [6.45, 7) is 2.45. The molecule has 0 bridgehead atoms. The van der Waals surface area contributed by atoms with E-state index in [2.05, 4.69) is 5.32 Å². The van der Waals surface area contributed by atoms with Crippen molar-refractivity contribution < 1.29 is 19.1 Å². The first-order valence-electron chi connectivity index (χ1n) is 9.13. The second-order valence-corrected chi connectivity index (χ2v) is 6.44. The van der Waals surface area contributed by atoms with Crippen LogP contribution in [-0.2, 0) is 16.0 Å². The fourth-order valence-corrected chi connectivity index (χ4v) is 3.15. The first-order chi connectivity index (χ1) is 13.1. The Kier molecular flexibility index (Phi) is 6.08. The number of hydrogen-bond donors (Lipinski definition) is 2. The zero-order chi connectivity index (χ0) is 19.2. The summed E-state index contributed by atoms with van der Waals surface area (Å²) in [5.74, 6) is -0.344. The van der Waals surface area contributed by atoms with Gasteiger partial charge in [0.25, 0.3) is 5.91 Å². The van der Waals surface area contributed by atoms with Crippen LogP contribution in [0.2, 0.25) is 0 Å². The second-order valence-electron chi connectivity index (χ2n) is 6.44. The molecule has 0 radical (unpaired) electrons. The first-order valence-corrected chi connectivity index (χ1v) is 9.13. The lowest BCUT2D eigenvalue weighted by atomic mass is 9.97. The molecule has 1 aliphatic heterocycles. The van der Waals surface area contributed by atoms with Gasteiger partial charge in [-0.2, -0.15) is 0 Å². The van der Waals surface area contributed by atoms with Crippen molar-refractivity contribution in [2.45, 2.75) is 31.8 Å². The molecular formula is C21H24N2O4. The molecule has 2 atom stereocenters. The van der Waals surface area contributed by atoms with Gasteiger partial charge in [-0.3, -0.25) is 4.79 Å². The maximum Gasteiger partial charge on any atom is 0.328 e. The molecular weight excluding hydrogens is 344 g/mol. The molecule has 2 aromatic carbocycles. The number of fused-ring (bicyclic) bond motifs is 1. The molecule has 1 amide bonds. The van der Waals surface area contributed by atoms with Crippen LogP contribution in [0.4, 0.5) is 0 Å². The maximum absolute atomic E-state index is 12.9. The van der Waals surface area contributed by atoms with Crippen molar-refractivity contribution in [1.82, 2.24) is 5.32 Å². The molecule has 1 unspecified atom stereocenters. The lowest BCUT2D eigenvalue weighted by Crippen LogP contribution is -2.43. The summed E-state index contributed by atoms with van der Waals surface area (Å²) < 4.78 is 10.8. The molecule has 6 heteroatoms. The standard InChI is InChI=1S/C21H24N2O4/c1-2-26-21(25)18(13-14-7-4-3-5-8-14)23-20(24)16-10-6-9-15-17(22)11-12-27-19(15)16/h3-10,17-18H,2,11-13,22H2,1H3,(H,23,24)/t17?,18-/m0/s1. The third-order valence-corrected chi connectivity index (χ3v) is 4.52. The van der Waals surface area contributed by atoms with Crippen LogP contribution >= 0.6 is 0 Å². The van der Waals surface area contributed by atoms with E-state index in [1.807, 2.05) is 36.4 Å². The Morgan fingerprint density at radius 2 is 2.00 bits per heavy atom. The fraction of sp³-hybridized carbons (Fsp3) is 0.333. The highest BCUT2D eigenvalue weighted by Crippen LogP contribution is 2.33. The Bertz CT molecular complexity index is 807. The average Bonchev–Trinajstić information content (AvgIpc) is 2.68. The van der Waals surface area contributed by atoms with E-state index < -0.39 is 12.0 Å². The maximum atomic E-state index is 12.9. The zero-order valence-corrected chi connectivity index (χ0v) is 15.3. The van der Waals surface area contributed by atoms with Crippen LogP contribution in [0.1, 0.15) is 40.9 Å². The number of para-hydroxylation sites is 1. The number of carbonyl (C=O) groups excluding carboxylic acids is 2. The van der Waals surface area contributed by atoms with E-state index in [-0.39, 0.29) is 18.6 Å². The predicted molar refractivity (Wildman–Crippen MR) is 102 cm³/mol. The van der Waals surface area contributed by atoms with E-state index in [0.29, 0.717) is 30.8 Å². The summed E-state index contributed by atoms with van der Waals surface area (Å²) in [6.07, 6.45) is 1.05. The number of esters is 1. The van der Waals surface area contributed by atoms with Gasteiger partial charge in [0.2, 0.25) is 0 Å². The molecule has 0 saturated heterocycles. The topological polar surface area (TPSA) is 90.6 Å². The quantitative estimate of drug-likeness (QED) is 0.764. The van der Waals surface area contributed by atoms with E-state index in [4.69, 9.17) is 15.2 Å². The number of ether oxygens (including phenoxy) is 2. The first kappa shape index (κ1) is 18.9. The molecule has 0 spiro atoms. The van der Waals surface area contributed by atoms with Gasteiger partial charge in [0.15, 0.2) is 0 Å². The molecule has 2 aromatic rings. The number of nitrogens with one attached hydrogen (secondary N) is 1. The van der Waals surface area contributed by atoms with E-state index >= 15 is 0 Å². The Balaban J connectivity index is 1.82.